The summed E-state index contributed by atoms with van der Waals surface area (Å²) in [6, 6.07) is 0. The van der Waals surface area contributed by atoms with Gasteiger partial charge in [-0.2, -0.15) is 0 Å². The number of amides is 1. The molecule has 13 heavy (non-hydrogen) atoms. The fraction of sp³-hybridized carbons (Fsp3) is 0.700. The zero-order chi connectivity index (χ0) is 10.1. The number of nitrogens with two attached hydrogens (primary N) is 1. The van der Waals surface area contributed by atoms with E-state index in [1.54, 1.807) is 0 Å². The Balaban J connectivity index is 3.55. The van der Waals surface area contributed by atoms with Crippen LogP contribution in [0, 0.1) is 18.3 Å². The molecular formula is C10H18N2O. The van der Waals surface area contributed by atoms with E-state index in [4.69, 9.17) is 12.2 Å². The van der Waals surface area contributed by atoms with Crippen molar-refractivity contribution in [2.75, 3.05) is 13.1 Å². The van der Waals surface area contributed by atoms with E-state index in [0.29, 0.717) is 19.5 Å². The first-order valence-electron chi connectivity index (χ1n) is 4.67. The number of hydrogen-bond donors (Lipinski definition) is 2. The lowest BCUT2D eigenvalue weighted by Gasteiger charge is -2.11. The standard InChI is InChI=1S/C10H18N2O/c1-3-5-6-7-12-10(13)9(4-2)8-11/h1,9H,4-8,11H2,2H3,(H,12,13). The van der Waals surface area contributed by atoms with Crippen molar-refractivity contribution in [1.29, 1.82) is 0 Å². The maximum atomic E-state index is 11.3. The lowest BCUT2D eigenvalue weighted by molar-refractivity contribution is -0.124. The van der Waals surface area contributed by atoms with Crippen LogP contribution in [0.2, 0.25) is 0 Å². The number of nitrogens with one attached hydrogen (secondary N) is 1. The number of carbonyl (C=O) groups excluding carboxylic acids is 1. The number of unbranched alkanes of at least 4 members (excludes halogenated alkanes) is 1. The second-order valence-electron chi connectivity index (χ2n) is 2.94. The highest BCUT2D eigenvalue weighted by atomic mass is 16.1. The lowest BCUT2D eigenvalue weighted by atomic mass is 10.1. The van der Waals surface area contributed by atoms with Gasteiger partial charge in [0.25, 0.3) is 0 Å². The molecule has 0 heterocycles. The molecule has 1 atom stereocenters. The van der Waals surface area contributed by atoms with E-state index in [1.807, 2.05) is 6.92 Å². The summed E-state index contributed by atoms with van der Waals surface area (Å²) in [7, 11) is 0. The van der Waals surface area contributed by atoms with Crippen molar-refractivity contribution in [3.05, 3.63) is 0 Å². The molecule has 0 aliphatic carbocycles. The first-order chi connectivity index (χ1) is 6.26. The third-order valence-corrected chi connectivity index (χ3v) is 1.95. The van der Waals surface area contributed by atoms with Crippen molar-refractivity contribution in [3.8, 4) is 12.3 Å². The monoisotopic (exact) mass is 182 g/mol. The topological polar surface area (TPSA) is 55.1 Å². The minimum Gasteiger partial charge on any atom is -0.356 e. The number of hydrogen-bond acceptors (Lipinski definition) is 2. The van der Waals surface area contributed by atoms with Crippen LogP contribution in [0.25, 0.3) is 0 Å². The van der Waals surface area contributed by atoms with Crippen LogP contribution in [0.1, 0.15) is 26.2 Å². The molecule has 3 N–H and O–H groups in total. The Morgan fingerprint density at radius 2 is 2.38 bits per heavy atom. The fourth-order valence-electron chi connectivity index (χ4n) is 1.01. The van der Waals surface area contributed by atoms with Gasteiger partial charge in [0, 0.05) is 25.4 Å². The molecule has 1 amide bonds. The smallest absolute Gasteiger partial charge is 0.224 e. The summed E-state index contributed by atoms with van der Waals surface area (Å²) in [5, 5.41) is 2.80. The molecular weight excluding hydrogens is 164 g/mol. The van der Waals surface area contributed by atoms with Crippen molar-refractivity contribution in [3.63, 3.8) is 0 Å². The lowest BCUT2D eigenvalue weighted by Crippen LogP contribution is -2.35. The molecule has 0 aliphatic rings. The molecule has 0 fully saturated rings. The highest BCUT2D eigenvalue weighted by Gasteiger charge is 2.12. The first-order valence-corrected chi connectivity index (χ1v) is 4.67. The first kappa shape index (κ1) is 12.0. The van der Waals surface area contributed by atoms with Gasteiger partial charge in [0.1, 0.15) is 0 Å². The Bertz CT molecular complexity index is 180. The predicted octanol–water partition coefficient (Wildman–Crippen LogP) is 0.501. The second kappa shape index (κ2) is 7.63. The quantitative estimate of drug-likeness (QED) is 0.464. The summed E-state index contributed by atoms with van der Waals surface area (Å²) in [5.41, 5.74) is 5.42. The van der Waals surface area contributed by atoms with Crippen LogP contribution >= 0.6 is 0 Å². The van der Waals surface area contributed by atoms with Crippen LogP contribution in [0.15, 0.2) is 0 Å². The largest absolute Gasteiger partial charge is 0.356 e. The van der Waals surface area contributed by atoms with Crippen LogP contribution in [0.4, 0.5) is 0 Å². The average molecular weight is 182 g/mol. The molecule has 3 heteroatoms. The molecule has 74 valence electrons. The summed E-state index contributed by atoms with van der Waals surface area (Å²) < 4.78 is 0. The zero-order valence-corrected chi connectivity index (χ0v) is 8.18. The summed E-state index contributed by atoms with van der Waals surface area (Å²) in [5.74, 6) is 2.52. The van der Waals surface area contributed by atoms with E-state index < -0.39 is 0 Å². The molecule has 0 saturated carbocycles. The number of terminal acetylenes is 1. The van der Waals surface area contributed by atoms with Gasteiger partial charge in [-0.05, 0) is 12.8 Å². The number of rotatable bonds is 6. The van der Waals surface area contributed by atoms with Crippen molar-refractivity contribution in [1.82, 2.24) is 5.32 Å². The highest BCUT2D eigenvalue weighted by molar-refractivity contribution is 5.78. The van der Waals surface area contributed by atoms with E-state index in [0.717, 1.165) is 12.8 Å². The Morgan fingerprint density at radius 1 is 1.69 bits per heavy atom. The molecule has 0 spiro atoms. The van der Waals surface area contributed by atoms with Crippen molar-refractivity contribution < 1.29 is 4.79 Å². The van der Waals surface area contributed by atoms with Crippen molar-refractivity contribution in [2.24, 2.45) is 11.7 Å². The maximum absolute atomic E-state index is 11.3. The van der Waals surface area contributed by atoms with Gasteiger partial charge in [0.15, 0.2) is 0 Å². The Labute approximate surface area is 80.1 Å². The fourth-order valence-corrected chi connectivity index (χ4v) is 1.01. The highest BCUT2D eigenvalue weighted by Crippen LogP contribution is 1.99. The molecule has 0 saturated heterocycles. The summed E-state index contributed by atoms with van der Waals surface area (Å²) >= 11 is 0. The molecule has 0 aromatic carbocycles. The number of carbonyl (C=O) groups is 1. The van der Waals surface area contributed by atoms with Gasteiger partial charge in [-0.3, -0.25) is 4.79 Å². The van der Waals surface area contributed by atoms with Gasteiger partial charge in [-0.25, -0.2) is 0 Å². The van der Waals surface area contributed by atoms with E-state index in [9.17, 15) is 4.79 Å². The van der Waals surface area contributed by atoms with E-state index >= 15 is 0 Å². The van der Waals surface area contributed by atoms with Crippen LogP contribution < -0.4 is 11.1 Å². The Kier molecular flexibility index (Phi) is 7.04. The van der Waals surface area contributed by atoms with Crippen LogP contribution in [-0.2, 0) is 4.79 Å². The van der Waals surface area contributed by atoms with E-state index in [2.05, 4.69) is 11.2 Å². The molecule has 0 aromatic rings. The third-order valence-electron chi connectivity index (χ3n) is 1.95. The van der Waals surface area contributed by atoms with Gasteiger partial charge in [-0.15, -0.1) is 12.3 Å². The second-order valence-corrected chi connectivity index (χ2v) is 2.94. The summed E-state index contributed by atoms with van der Waals surface area (Å²) in [4.78, 5) is 11.3. The third kappa shape index (κ3) is 5.26. The normalized spacial score (nSPS) is 11.8. The predicted molar refractivity (Wildman–Crippen MR) is 53.9 cm³/mol. The molecule has 0 aromatic heterocycles. The molecule has 0 radical (unpaired) electrons. The van der Waals surface area contributed by atoms with Crippen LogP contribution in [0.5, 0.6) is 0 Å². The van der Waals surface area contributed by atoms with Crippen LogP contribution in [-0.4, -0.2) is 19.0 Å². The summed E-state index contributed by atoms with van der Waals surface area (Å²) in [6.07, 6.45) is 7.41. The molecule has 0 rings (SSSR count). The van der Waals surface area contributed by atoms with Gasteiger partial charge in [-0.1, -0.05) is 6.92 Å². The van der Waals surface area contributed by atoms with E-state index in [-0.39, 0.29) is 11.8 Å². The minimum atomic E-state index is -0.0502. The van der Waals surface area contributed by atoms with Crippen LogP contribution in [0.3, 0.4) is 0 Å². The van der Waals surface area contributed by atoms with Gasteiger partial charge in [0.05, 0.1) is 0 Å². The van der Waals surface area contributed by atoms with E-state index in [1.165, 1.54) is 0 Å². The molecule has 1 unspecified atom stereocenters. The average Bonchev–Trinajstić information content (AvgIpc) is 2.14. The van der Waals surface area contributed by atoms with Gasteiger partial charge >= 0.3 is 0 Å². The molecule has 0 bridgehead atoms. The minimum absolute atomic E-state index is 0.0435. The maximum Gasteiger partial charge on any atom is 0.224 e. The summed E-state index contributed by atoms with van der Waals surface area (Å²) in [6.45, 7) is 3.02. The van der Waals surface area contributed by atoms with Crippen molar-refractivity contribution in [2.45, 2.75) is 26.2 Å². The van der Waals surface area contributed by atoms with Gasteiger partial charge in [0.2, 0.25) is 5.91 Å². The Hall–Kier alpha value is -1.01. The molecule has 0 aliphatic heterocycles. The zero-order valence-electron chi connectivity index (χ0n) is 8.18. The van der Waals surface area contributed by atoms with Crippen molar-refractivity contribution >= 4 is 5.91 Å². The Morgan fingerprint density at radius 3 is 2.85 bits per heavy atom. The van der Waals surface area contributed by atoms with Gasteiger partial charge < -0.3 is 11.1 Å². The molecule has 3 nitrogen and oxygen atoms in total. The SMILES string of the molecule is C#CCCCNC(=O)C(CC)CN.